The van der Waals surface area contributed by atoms with E-state index in [1.54, 1.807) is 0 Å². The predicted octanol–water partition coefficient (Wildman–Crippen LogP) is 3.06. The predicted molar refractivity (Wildman–Crippen MR) is 75.4 cm³/mol. The number of nitrogens with zero attached hydrogens (tertiary/aromatic N) is 1. The second-order valence-corrected chi connectivity index (χ2v) is 5.65. The molecule has 1 fully saturated rings. The molecule has 0 amide bonds. The Bertz CT molecular complexity index is 343. The van der Waals surface area contributed by atoms with Gasteiger partial charge in [-0.3, -0.25) is 4.90 Å². The van der Waals surface area contributed by atoms with Crippen molar-refractivity contribution in [1.29, 1.82) is 0 Å². The smallest absolute Gasteiger partial charge is 0.0499 e. The first-order chi connectivity index (χ1) is 8.78. The topological polar surface area (TPSA) is 23.5 Å². The molecule has 0 aliphatic heterocycles. The van der Waals surface area contributed by atoms with Gasteiger partial charge in [-0.1, -0.05) is 50.1 Å². The second-order valence-electron chi connectivity index (χ2n) is 5.65. The maximum absolute atomic E-state index is 9.70. The van der Waals surface area contributed by atoms with Gasteiger partial charge in [0.1, 0.15) is 0 Å². The summed E-state index contributed by atoms with van der Waals surface area (Å²) >= 11 is 0. The molecular formula is C16H25NO. The lowest BCUT2D eigenvalue weighted by atomic mass is 9.86. The maximum Gasteiger partial charge on any atom is 0.0499 e. The van der Waals surface area contributed by atoms with Crippen molar-refractivity contribution in [2.75, 3.05) is 19.7 Å². The summed E-state index contributed by atoms with van der Waals surface area (Å²) in [5, 5.41) is 9.70. The maximum atomic E-state index is 9.70. The van der Waals surface area contributed by atoms with Crippen LogP contribution in [0.5, 0.6) is 0 Å². The Morgan fingerprint density at radius 1 is 1.17 bits per heavy atom. The first-order valence-electron chi connectivity index (χ1n) is 7.15. The van der Waals surface area contributed by atoms with Crippen LogP contribution in [0.25, 0.3) is 0 Å². The first kappa shape index (κ1) is 13.6. The molecule has 0 spiro atoms. The fraction of sp³-hybridized carbons (Fsp3) is 0.625. The molecule has 0 unspecified atom stereocenters. The van der Waals surface area contributed by atoms with Crippen molar-refractivity contribution in [2.24, 2.45) is 5.41 Å². The molecule has 2 nitrogen and oxygen atoms in total. The largest absolute Gasteiger partial charge is 0.396 e. The van der Waals surface area contributed by atoms with Crippen molar-refractivity contribution in [3.05, 3.63) is 35.9 Å². The standard InChI is InChI=1S/C16H25NO/c1-2-17(12-15-8-4-3-5-9-15)13-16(14-18)10-6-7-11-16/h3-5,8-9,18H,2,6-7,10-14H2,1H3. The van der Waals surface area contributed by atoms with Crippen LogP contribution in [0.2, 0.25) is 0 Å². The SMILES string of the molecule is CCN(Cc1ccccc1)CC1(CO)CCCC1. The van der Waals surface area contributed by atoms with Gasteiger partial charge in [-0.05, 0) is 24.9 Å². The van der Waals surface area contributed by atoms with Crippen LogP contribution in [-0.2, 0) is 6.54 Å². The zero-order valence-corrected chi connectivity index (χ0v) is 11.4. The lowest BCUT2D eigenvalue weighted by molar-refractivity contribution is 0.0773. The number of hydrogen-bond acceptors (Lipinski definition) is 2. The van der Waals surface area contributed by atoms with Crippen LogP contribution >= 0.6 is 0 Å². The third-order valence-corrected chi connectivity index (χ3v) is 4.25. The number of rotatable bonds is 6. The van der Waals surface area contributed by atoms with Crippen LogP contribution in [0, 0.1) is 5.41 Å². The number of hydrogen-bond donors (Lipinski definition) is 1. The molecular weight excluding hydrogens is 222 g/mol. The third kappa shape index (κ3) is 3.33. The van der Waals surface area contributed by atoms with E-state index in [1.807, 2.05) is 0 Å². The molecule has 18 heavy (non-hydrogen) atoms. The lowest BCUT2D eigenvalue weighted by Crippen LogP contribution is -2.38. The Hall–Kier alpha value is -0.860. The van der Waals surface area contributed by atoms with E-state index >= 15 is 0 Å². The van der Waals surface area contributed by atoms with Gasteiger partial charge in [-0.15, -0.1) is 0 Å². The van der Waals surface area contributed by atoms with Gasteiger partial charge >= 0.3 is 0 Å². The minimum absolute atomic E-state index is 0.171. The molecule has 100 valence electrons. The molecule has 2 heteroatoms. The molecule has 1 aromatic rings. The van der Waals surface area contributed by atoms with E-state index in [-0.39, 0.29) is 5.41 Å². The van der Waals surface area contributed by atoms with Gasteiger partial charge in [0.2, 0.25) is 0 Å². The van der Waals surface area contributed by atoms with Gasteiger partial charge in [0.25, 0.3) is 0 Å². The Morgan fingerprint density at radius 3 is 2.39 bits per heavy atom. The Balaban J connectivity index is 1.96. The van der Waals surface area contributed by atoms with Crippen LogP contribution in [0.3, 0.4) is 0 Å². The molecule has 0 radical (unpaired) electrons. The highest BCUT2D eigenvalue weighted by molar-refractivity contribution is 5.14. The zero-order chi connectivity index (χ0) is 12.8. The zero-order valence-electron chi connectivity index (χ0n) is 11.4. The molecule has 0 bridgehead atoms. The van der Waals surface area contributed by atoms with Crippen molar-refractivity contribution >= 4 is 0 Å². The lowest BCUT2D eigenvalue weighted by Gasteiger charge is -2.33. The molecule has 2 rings (SSSR count). The number of aliphatic hydroxyl groups excluding tert-OH is 1. The van der Waals surface area contributed by atoms with Crippen molar-refractivity contribution in [3.8, 4) is 0 Å². The fourth-order valence-corrected chi connectivity index (χ4v) is 3.09. The Labute approximate surface area is 111 Å². The average Bonchev–Trinajstić information content (AvgIpc) is 2.88. The quantitative estimate of drug-likeness (QED) is 0.835. The minimum atomic E-state index is 0.171. The molecule has 0 atom stereocenters. The van der Waals surface area contributed by atoms with Crippen molar-refractivity contribution < 1.29 is 5.11 Å². The monoisotopic (exact) mass is 247 g/mol. The van der Waals surface area contributed by atoms with Gasteiger partial charge in [0.15, 0.2) is 0 Å². The molecule has 0 heterocycles. The van der Waals surface area contributed by atoms with E-state index in [2.05, 4.69) is 42.2 Å². The Morgan fingerprint density at radius 2 is 1.83 bits per heavy atom. The summed E-state index contributed by atoms with van der Waals surface area (Å²) in [5.41, 5.74) is 1.54. The van der Waals surface area contributed by atoms with Crippen molar-refractivity contribution in [1.82, 2.24) is 4.90 Å². The van der Waals surface area contributed by atoms with Gasteiger partial charge in [0.05, 0.1) is 0 Å². The normalized spacial score (nSPS) is 18.4. The Kier molecular flexibility index (Phi) is 4.79. The molecule has 1 N–H and O–H groups in total. The minimum Gasteiger partial charge on any atom is -0.396 e. The van der Waals surface area contributed by atoms with Gasteiger partial charge in [-0.2, -0.15) is 0 Å². The highest BCUT2D eigenvalue weighted by Crippen LogP contribution is 2.38. The van der Waals surface area contributed by atoms with Gasteiger partial charge in [0, 0.05) is 25.1 Å². The summed E-state index contributed by atoms with van der Waals surface area (Å²) in [4.78, 5) is 2.47. The molecule has 1 aliphatic carbocycles. The van der Waals surface area contributed by atoms with E-state index in [1.165, 1.54) is 31.2 Å². The molecule has 1 saturated carbocycles. The molecule has 1 aromatic carbocycles. The molecule has 1 aliphatic rings. The average molecular weight is 247 g/mol. The van der Waals surface area contributed by atoms with Gasteiger partial charge < -0.3 is 5.11 Å². The highest BCUT2D eigenvalue weighted by atomic mass is 16.3. The van der Waals surface area contributed by atoms with E-state index in [9.17, 15) is 5.11 Å². The second kappa shape index (κ2) is 6.35. The number of benzene rings is 1. The van der Waals surface area contributed by atoms with E-state index in [0.717, 1.165) is 19.6 Å². The third-order valence-electron chi connectivity index (χ3n) is 4.25. The highest BCUT2D eigenvalue weighted by Gasteiger charge is 2.34. The van der Waals surface area contributed by atoms with E-state index in [4.69, 9.17) is 0 Å². The summed E-state index contributed by atoms with van der Waals surface area (Å²) < 4.78 is 0. The van der Waals surface area contributed by atoms with Crippen LogP contribution in [0.4, 0.5) is 0 Å². The van der Waals surface area contributed by atoms with Gasteiger partial charge in [-0.25, -0.2) is 0 Å². The summed E-state index contributed by atoms with van der Waals surface area (Å²) in [6.07, 6.45) is 4.94. The summed E-state index contributed by atoms with van der Waals surface area (Å²) in [5.74, 6) is 0. The van der Waals surface area contributed by atoms with Crippen molar-refractivity contribution in [3.63, 3.8) is 0 Å². The fourth-order valence-electron chi connectivity index (χ4n) is 3.09. The van der Waals surface area contributed by atoms with Crippen LogP contribution < -0.4 is 0 Å². The van der Waals surface area contributed by atoms with Crippen LogP contribution in [-0.4, -0.2) is 29.7 Å². The molecule has 0 saturated heterocycles. The summed E-state index contributed by atoms with van der Waals surface area (Å²) in [7, 11) is 0. The van der Waals surface area contributed by atoms with Crippen LogP contribution in [0.15, 0.2) is 30.3 Å². The molecule has 0 aromatic heterocycles. The summed E-state index contributed by atoms with van der Waals surface area (Å²) in [6, 6.07) is 10.6. The van der Waals surface area contributed by atoms with Crippen LogP contribution in [0.1, 0.15) is 38.2 Å². The number of aliphatic hydroxyl groups is 1. The van der Waals surface area contributed by atoms with E-state index in [0.29, 0.717) is 6.61 Å². The first-order valence-corrected chi connectivity index (χ1v) is 7.15. The summed E-state index contributed by atoms with van der Waals surface area (Å²) in [6.45, 7) is 5.64. The van der Waals surface area contributed by atoms with E-state index < -0.39 is 0 Å². The van der Waals surface area contributed by atoms with Crippen molar-refractivity contribution in [2.45, 2.75) is 39.2 Å².